The highest BCUT2D eigenvalue weighted by molar-refractivity contribution is 5.71. The summed E-state index contributed by atoms with van der Waals surface area (Å²) in [5.41, 5.74) is 2.08. The number of hydrogen-bond donors (Lipinski definition) is 0. The molecule has 27 heavy (non-hydrogen) atoms. The first kappa shape index (κ1) is 18.8. The normalized spacial score (nSPS) is 11.6. The van der Waals surface area contributed by atoms with Crippen LogP contribution in [0.5, 0.6) is 5.75 Å². The van der Waals surface area contributed by atoms with Crippen LogP contribution in [-0.4, -0.2) is 40.3 Å². The molecule has 1 heterocycles. The second kappa shape index (κ2) is 8.17. The average molecular weight is 378 g/mol. The summed E-state index contributed by atoms with van der Waals surface area (Å²) in [7, 11) is 1.63. The minimum Gasteiger partial charge on any atom is -0.406 e. The van der Waals surface area contributed by atoms with Gasteiger partial charge in [0.2, 0.25) is 0 Å². The molecule has 9 heteroatoms. The molecule has 0 aliphatic heterocycles. The molecule has 0 saturated heterocycles. The second-order valence-corrected chi connectivity index (χ2v) is 5.73. The van der Waals surface area contributed by atoms with Gasteiger partial charge in [0.05, 0.1) is 0 Å². The van der Waals surface area contributed by atoms with Crippen LogP contribution in [0.1, 0.15) is 6.42 Å². The number of halogens is 3. The fraction of sp³-hybridized carbons (Fsp3) is 0.278. The number of aryl methyl sites for hydroxylation is 1. The predicted octanol–water partition coefficient (Wildman–Crippen LogP) is 3.94. The number of tetrazole rings is 1. The lowest BCUT2D eigenvalue weighted by molar-refractivity contribution is -0.274. The van der Waals surface area contributed by atoms with Crippen molar-refractivity contribution in [3.05, 3.63) is 48.5 Å². The molecule has 0 aliphatic carbocycles. The Bertz CT molecular complexity index is 896. The first-order chi connectivity index (χ1) is 13.0. The summed E-state index contributed by atoms with van der Waals surface area (Å²) in [6.07, 6.45) is -3.98. The van der Waals surface area contributed by atoms with Gasteiger partial charge in [-0.1, -0.05) is 30.3 Å². The topological polar surface area (TPSA) is 62.1 Å². The van der Waals surface area contributed by atoms with E-state index in [0.29, 0.717) is 24.5 Å². The summed E-state index contributed by atoms with van der Waals surface area (Å²) in [5.74, 6) is 0.311. The maximum Gasteiger partial charge on any atom is 0.573 e. The van der Waals surface area contributed by atoms with E-state index in [9.17, 15) is 13.2 Å². The number of methoxy groups -OCH3 is 1. The molecule has 0 bridgehead atoms. The van der Waals surface area contributed by atoms with E-state index in [2.05, 4.69) is 20.3 Å². The summed E-state index contributed by atoms with van der Waals surface area (Å²) in [4.78, 5) is 0. The Morgan fingerprint density at radius 2 is 1.70 bits per heavy atom. The molecular weight excluding hydrogens is 361 g/mol. The Labute approximate surface area is 153 Å². The zero-order valence-electron chi connectivity index (χ0n) is 14.5. The van der Waals surface area contributed by atoms with Crippen LogP contribution in [0.3, 0.4) is 0 Å². The Morgan fingerprint density at radius 3 is 2.44 bits per heavy atom. The van der Waals surface area contributed by atoms with Crippen LogP contribution < -0.4 is 4.74 Å². The van der Waals surface area contributed by atoms with Gasteiger partial charge < -0.3 is 9.47 Å². The zero-order valence-corrected chi connectivity index (χ0v) is 14.5. The van der Waals surface area contributed by atoms with Crippen LogP contribution in [0.2, 0.25) is 0 Å². The van der Waals surface area contributed by atoms with Crippen molar-refractivity contribution in [3.63, 3.8) is 0 Å². The van der Waals surface area contributed by atoms with Crippen molar-refractivity contribution in [1.29, 1.82) is 0 Å². The van der Waals surface area contributed by atoms with E-state index in [1.807, 2.05) is 12.1 Å². The number of ether oxygens (including phenoxy) is 2. The number of rotatable bonds is 7. The van der Waals surface area contributed by atoms with E-state index in [-0.39, 0.29) is 5.75 Å². The molecule has 0 aliphatic rings. The Balaban J connectivity index is 1.87. The van der Waals surface area contributed by atoms with Gasteiger partial charge in [-0.05, 0) is 46.2 Å². The number of hydrogen-bond acceptors (Lipinski definition) is 5. The molecule has 3 rings (SSSR count). The quantitative estimate of drug-likeness (QED) is 0.583. The molecule has 6 nitrogen and oxygen atoms in total. The van der Waals surface area contributed by atoms with E-state index in [0.717, 1.165) is 17.5 Å². The highest BCUT2D eigenvalue weighted by Crippen LogP contribution is 2.30. The van der Waals surface area contributed by atoms with Gasteiger partial charge in [-0.3, -0.25) is 0 Å². The fourth-order valence-corrected chi connectivity index (χ4v) is 2.63. The minimum absolute atomic E-state index is 0.269. The predicted molar refractivity (Wildman–Crippen MR) is 91.9 cm³/mol. The molecule has 0 unspecified atom stereocenters. The van der Waals surface area contributed by atoms with Crippen molar-refractivity contribution in [2.75, 3.05) is 13.7 Å². The monoisotopic (exact) mass is 378 g/mol. The molecule has 0 saturated carbocycles. The number of nitrogens with zero attached hydrogens (tertiary/aromatic N) is 4. The molecular formula is C18H17F3N4O2. The first-order valence-electron chi connectivity index (χ1n) is 8.18. The number of benzene rings is 2. The highest BCUT2D eigenvalue weighted by atomic mass is 19.4. The number of aromatic nitrogens is 4. The SMILES string of the molecule is COCCCn1nnnc1-c1cccc(-c2cccc(OC(F)(F)F)c2)c1. The second-order valence-electron chi connectivity index (χ2n) is 5.73. The molecule has 0 atom stereocenters. The molecule has 3 aromatic rings. The molecule has 0 radical (unpaired) electrons. The molecule has 1 aromatic heterocycles. The number of alkyl halides is 3. The van der Waals surface area contributed by atoms with Gasteiger partial charge in [0.25, 0.3) is 0 Å². The van der Waals surface area contributed by atoms with Crippen LogP contribution in [0.15, 0.2) is 48.5 Å². The Kier molecular flexibility index (Phi) is 5.70. The van der Waals surface area contributed by atoms with Crippen LogP contribution in [-0.2, 0) is 11.3 Å². The van der Waals surface area contributed by atoms with Crippen molar-refractivity contribution in [2.45, 2.75) is 19.3 Å². The van der Waals surface area contributed by atoms with E-state index >= 15 is 0 Å². The van der Waals surface area contributed by atoms with Crippen molar-refractivity contribution in [2.24, 2.45) is 0 Å². The van der Waals surface area contributed by atoms with E-state index in [1.54, 1.807) is 30.0 Å². The third-order valence-electron chi connectivity index (χ3n) is 3.77. The third-order valence-corrected chi connectivity index (χ3v) is 3.77. The summed E-state index contributed by atoms with van der Waals surface area (Å²) >= 11 is 0. The molecule has 0 fully saturated rings. The largest absolute Gasteiger partial charge is 0.573 e. The lowest BCUT2D eigenvalue weighted by Crippen LogP contribution is -2.17. The third kappa shape index (κ3) is 5.04. The van der Waals surface area contributed by atoms with Gasteiger partial charge in [0.15, 0.2) is 5.82 Å². The lowest BCUT2D eigenvalue weighted by atomic mass is 10.0. The van der Waals surface area contributed by atoms with E-state index in [4.69, 9.17) is 4.74 Å². The van der Waals surface area contributed by atoms with Gasteiger partial charge in [-0.2, -0.15) is 0 Å². The van der Waals surface area contributed by atoms with Crippen LogP contribution in [0.4, 0.5) is 13.2 Å². The molecule has 2 aromatic carbocycles. The van der Waals surface area contributed by atoms with Crippen molar-refractivity contribution in [3.8, 4) is 28.3 Å². The molecule has 142 valence electrons. The standard InChI is InChI=1S/C18H17F3N4O2/c1-26-10-4-9-25-17(22-23-24-25)15-7-2-5-13(11-15)14-6-3-8-16(12-14)27-18(19,20)21/h2-3,5-8,11-12H,4,9-10H2,1H3. The van der Waals surface area contributed by atoms with Gasteiger partial charge in [-0.15, -0.1) is 18.3 Å². The molecule has 0 amide bonds. The average Bonchev–Trinajstić information content (AvgIpc) is 3.09. The zero-order chi connectivity index (χ0) is 19.3. The van der Waals surface area contributed by atoms with Crippen molar-refractivity contribution >= 4 is 0 Å². The first-order valence-corrected chi connectivity index (χ1v) is 8.18. The smallest absolute Gasteiger partial charge is 0.406 e. The van der Waals surface area contributed by atoms with Crippen molar-refractivity contribution in [1.82, 2.24) is 20.2 Å². The molecule has 0 spiro atoms. The van der Waals surface area contributed by atoms with Crippen LogP contribution in [0.25, 0.3) is 22.5 Å². The van der Waals surface area contributed by atoms with Gasteiger partial charge in [0, 0.05) is 25.8 Å². The summed E-state index contributed by atoms with van der Waals surface area (Å²) < 4.78 is 48.0. The summed E-state index contributed by atoms with van der Waals surface area (Å²) in [5, 5.41) is 11.7. The highest BCUT2D eigenvalue weighted by Gasteiger charge is 2.31. The van der Waals surface area contributed by atoms with Crippen molar-refractivity contribution < 1.29 is 22.6 Å². The van der Waals surface area contributed by atoms with E-state index < -0.39 is 6.36 Å². The van der Waals surface area contributed by atoms with Gasteiger partial charge in [0.1, 0.15) is 5.75 Å². The summed E-state index contributed by atoms with van der Waals surface area (Å²) in [6.45, 7) is 1.18. The van der Waals surface area contributed by atoms with Gasteiger partial charge >= 0.3 is 6.36 Å². The van der Waals surface area contributed by atoms with Gasteiger partial charge in [-0.25, -0.2) is 4.68 Å². The fourth-order valence-electron chi connectivity index (χ4n) is 2.63. The molecule has 0 N–H and O–H groups in total. The Morgan fingerprint density at radius 1 is 1.00 bits per heavy atom. The minimum atomic E-state index is -4.73. The maximum atomic E-state index is 12.4. The van der Waals surface area contributed by atoms with Crippen LogP contribution in [0, 0.1) is 0 Å². The lowest BCUT2D eigenvalue weighted by Gasteiger charge is -2.11. The van der Waals surface area contributed by atoms with Crippen LogP contribution >= 0.6 is 0 Å². The maximum absolute atomic E-state index is 12.4. The van der Waals surface area contributed by atoms with E-state index in [1.165, 1.54) is 18.2 Å². The Hall–Kier alpha value is -2.94. The summed E-state index contributed by atoms with van der Waals surface area (Å²) in [6, 6.07) is 13.1.